The normalized spacial score (nSPS) is 10.8. The second kappa shape index (κ2) is 3.57. The van der Waals surface area contributed by atoms with Gasteiger partial charge in [-0.25, -0.2) is 15.0 Å². The van der Waals surface area contributed by atoms with Crippen molar-refractivity contribution in [3.8, 4) is 11.3 Å². The van der Waals surface area contributed by atoms with Crippen molar-refractivity contribution in [2.45, 2.75) is 0 Å². The molecule has 0 radical (unpaired) electrons. The molecule has 0 spiro atoms. The number of rotatable bonds is 1. The first-order valence-corrected chi connectivity index (χ1v) is 5.12. The highest BCUT2D eigenvalue weighted by Crippen LogP contribution is 2.31. The summed E-state index contributed by atoms with van der Waals surface area (Å²) in [4.78, 5) is 15.3. The highest BCUT2D eigenvalue weighted by atomic mass is 35.5. The summed E-state index contributed by atoms with van der Waals surface area (Å²) in [5, 5.41) is 1.56. The molecule has 0 fully saturated rings. The lowest BCUT2D eigenvalue weighted by Gasteiger charge is -2.03. The third kappa shape index (κ3) is 1.35. The zero-order valence-electron chi connectivity index (χ0n) is 8.18. The van der Waals surface area contributed by atoms with Crippen LogP contribution in [0.5, 0.6) is 0 Å². The van der Waals surface area contributed by atoms with E-state index >= 15 is 0 Å². The molecule has 78 valence electrons. The molecule has 0 amide bonds. The first-order valence-electron chi connectivity index (χ1n) is 4.74. The maximum Gasteiger partial charge on any atom is 0.138 e. The average molecular weight is 231 g/mol. The van der Waals surface area contributed by atoms with Crippen LogP contribution < -0.4 is 0 Å². The zero-order chi connectivity index (χ0) is 11.0. The van der Waals surface area contributed by atoms with Crippen LogP contribution in [0.3, 0.4) is 0 Å². The number of pyridine rings is 1. The number of halogens is 1. The van der Waals surface area contributed by atoms with E-state index in [1.54, 1.807) is 18.5 Å². The van der Waals surface area contributed by atoms with Gasteiger partial charge in [-0.05, 0) is 12.1 Å². The van der Waals surface area contributed by atoms with E-state index in [1.165, 1.54) is 6.33 Å². The molecule has 4 nitrogen and oxygen atoms in total. The summed E-state index contributed by atoms with van der Waals surface area (Å²) in [6.45, 7) is 0. The highest BCUT2D eigenvalue weighted by molar-refractivity contribution is 6.37. The number of nitrogens with one attached hydrogen (secondary N) is 1. The van der Waals surface area contributed by atoms with Gasteiger partial charge < -0.3 is 4.98 Å². The average Bonchev–Trinajstić information content (AvgIpc) is 2.80. The van der Waals surface area contributed by atoms with Crippen LogP contribution in [0.25, 0.3) is 22.3 Å². The molecule has 3 aromatic rings. The lowest BCUT2D eigenvalue weighted by molar-refractivity contribution is 1.17. The maximum absolute atomic E-state index is 6.30. The van der Waals surface area contributed by atoms with E-state index in [-0.39, 0.29) is 0 Å². The van der Waals surface area contributed by atoms with Crippen molar-refractivity contribution in [1.82, 2.24) is 19.9 Å². The lowest BCUT2D eigenvalue weighted by Crippen LogP contribution is -1.87. The first-order chi connectivity index (χ1) is 7.86. The van der Waals surface area contributed by atoms with Crippen molar-refractivity contribution >= 4 is 22.6 Å². The molecule has 0 aliphatic heterocycles. The van der Waals surface area contributed by atoms with Gasteiger partial charge in [0, 0.05) is 29.5 Å². The number of hydrogen-bond acceptors (Lipinski definition) is 3. The first kappa shape index (κ1) is 9.30. The summed E-state index contributed by atoms with van der Waals surface area (Å²) in [6.07, 6.45) is 6.70. The number of nitrogens with zero attached hydrogens (tertiary/aromatic N) is 3. The van der Waals surface area contributed by atoms with Gasteiger partial charge in [0.15, 0.2) is 0 Å². The molecule has 0 bridgehead atoms. The molecule has 3 heterocycles. The standard InChI is InChI=1S/C11H7ClN4/c12-10-7-1-4-14-11(7)15-5-8(10)9-2-3-13-6-16-9/h1-6H,(H,14,15). The molecule has 3 rings (SSSR count). The van der Waals surface area contributed by atoms with Crippen LogP contribution in [0.1, 0.15) is 0 Å². The molecule has 0 saturated carbocycles. The largest absolute Gasteiger partial charge is 0.346 e. The SMILES string of the molecule is Clc1c(-c2ccncn2)cnc2[nH]ccc12. The van der Waals surface area contributed by atoms with Crippen LogP contribution in [0.4, 0.5) is 0 Å². The van der Waals surface area contributed by atoms with E-state index in [1.807, 2.05) is 12.3 Å². The van der Waals surface area contributed by atoms with Gasteiger partial charge in [0.05, 0.1) is 10.7 Å². The van der Waals surface area contributed by atoms with E-state index in [4.69, 9.17) is 11.6 Å². The summed E-state index contributed by atoms with van der Waals surface area (Å²) >= 11 is 6.30. The molecule has 0 atom stereocenters. The van der Waals surface area contributed by atoms with Gasteiger partial charge in [-0.15, -0.1) is 0 Å². The summed E-state index contributed by atoms with van der Waals surface area (Å²) < 4.78 is 0. The fourth-order valence-electron chi connectivity index (χ4n) is 1.60. The molecular formula is C11H7ClN4. The van der Waals surface area contributed by atoms with Gasteiger partial charge in [-0.3, -0.25) is 0 Å². The van der Waals surface area contributed by atoms with Crippen molar-refractivity contribution in [1.29, 1.82) is 0 Å². The van der Waals surface area contributed by atoms with Crippen LogP contribution in [-0.2, 0) is 0 Å². The number of H-pyrrole nitrogens is 1. The fraction of sp³-hybridized carbons (Fsp3) is 0. The molecule has 16 heavy (non-hydrogen) atoms. The zero-order valence-corrected chi connectivity index (χ0v) is 8.94. The van der Waals surface area contributed by atoms with Crippen molar-refractivity contribution < 1.29 is 0 Å². The highest BCUT2D eigenvalue weighted by Gasteiger charge is 2.09. The summed E-state index contributed by atoms with van der Waals surface area (Å²) in [5.41, 5.74) is 2.37. The fourth-order valence-corrected chi connectivity index (χ4v) is 1.90. The Balaban J connectivity index is 2.28. The number of aromatic nitrogens is 4. The molecule has 0 aromatic carbocycles. The third-order valence-electron chi connectivity index (χ3n) is 2.38. The predicted octanol–water partition coefficient (Wildman–Crippen LogP) is 2.67. The summed E-state index contributed by atoms with van der Waals surface area (Å²) in [5.74, 6) is 0. The van der Waals surface area contributed by atoms with Gasteiger partial charge in [-0.2, -0.15) is 0 Å². The summed E-state index contributed by atoms with van der Waals surface area (Å²) in [7, 11) is 0. The Hall–Kier alpha value is -1.94. The van der Waals surface area contributed by atoms with Crippen molar-refractivity contribution in [2.24, 2.45) is 0 Å². The minimum atomic E-state index is 0.657. The van der Waals surface area contributed by atoms with Gasteiger partial charge in [0.2, 0.25) is 0 Å². The lowest BCUT2D eigenvalue weighted by atomic mass is 10.2. The second-order valence-corrected chi connectivity index (χ2v) is 3.70. The van der Waals surface area contributed by atoms with Gasteiger partial charge in [-0.1, -0.05) is 11.6 Å². The van der Waals surface area contributed by atoms with Crippen LogP contribution in [-0.4, -0.2) is 19.9 Å². The molecule has 5 heteroatoms. The quantitative estimate of drug-likeness (QED) is 0.699. The Kier molecular flexibility index (Phi) is 2.08. The van der Waals surface area contributed by atoms with Gasteiger partial charge in [0.25, 0.3) is 0 Å². The Bertz CT molecular complexity index is 633. The third-order valence-corrected chi connectivity index (χ3v) is 2.79. The van der Waals surface area contributed by atoms with Crippen LogP contribution in [0.2, 0.25) is 5.02 Å². The topological polar surface area (TPSA) is 54.5 Å². The van der Waals surface area contributed by atoms with Gasteiger partial charge in [0.1, 0.15) is 12.0 Å². The van der Waals surface area contributed by atoms with E-state index in [0.29, 0.717) is 5.02 Å². The van der Waals surface area contributed by atoms with Crippen LogP contribution >= 0.6 is 11.6 Å². The smallest absolute Gasteiger partial charge is 0.138 e. The Morgan fingerprint density at radius 3 is 2.94 bits per heavy atom. The van der Waals surface area contributed by atoms with E-state index < -0.39 is 0 Å². The number of hydrogen-bond donors (Lipinski definition) is 1. The Morgan fingerprint density at radius 1 is 1.19 bits per heavy atom. The number of fused-ring (bicyclic) bond motifs is 1. The molecule has 3 aromatic heterocycles. The molecular weight excluding hydrogens is 224 g/mol. The maximum atomic E-state index is 6.30. The predicted molar refractivity (Wildman–Crippen MR) is 62.1 cm³/mol. The van der Waals surface area contributed by atoms with E-state index in [9.17, 15) is 0 Å². The minimum Gasteiger partial charge on any atom is -0.346 e. The minimum absolute atomic E-state index is 0.657. The molecule has 0 aliphatic rings. The van der Waals surface area contributed by atoms with Crippen molar-refractivity contribution in [3.63, 3.8) is 0 Å². The monoisotopic (exact) mass is 230 g/mol. The van der Waals surface area contributed by atoms with Crippen LogP contribution in [0.15, 0.2) is 37.1 Å². The van der Waals surface area contributed by atoms with Gasteiger partial charge >= 0.3 is 0 Å². The molecule has 0 saturated heterocycles. The second-order valence-electron chi connectivity index (χ2n) is 3.32. The molecule has 0 unspecified atom stereocenters. The summed E-state index contributed by atoms with van der Waals surface area (Å²) in [6, 6.07) is 3.71. The number of aromatic amines is 1. The molecule has 1 N–H and O–H groups in total. The Morgan fingerprint density at radius 2 is 2.12 bits per heavy atom. The molecule has 0 aliphatic carbocycles. The van der Waals surface area contributed by atoms with E-state index in [2.05, 4.69) is 19.9 Å². The van der Waals surface area contributed by atoms with Crippen molar-refractivity contribution in [3.05, 3.63) is 42.1 Å². The van der Waals surface area contributed by atoms with Crippen molar-refractivity contribution in [2.75, 3.05) is 0 Å². The Labute approximate surface area is 96.3 Å². The van der Waals surface area contributed by atoms with Crippen LogP contribution in [0, 0.1) is 0 Å². The van der Waals surface area contributed by atoms with E-state index in [0.717, 1.165) is 22.3 Å².